The number of alkyl halides is 1. The Labute approximate surface area is 132 Å². The molecule has 23 heavy (non-hydrogen) atoms. The molecule has 1 aromatic carbocycles. The molecule has 0 fully saturated rings. The summed E-state index contributed by atoms with van der Waals surface area (Å²) in [5.41, 5.74) is -0.259. The summed E-state index contributed by atoms with van der Waals surface area (Å²) in [5.74, 6) is -0.825. The number of carbonyl (C=O) groups is 1. The van der Waals surface area contributed by atoms with Crippen molar-refractivity contribution < 1.29 is 22.3 Å². The Morgan fingerprint density at radius 1 is 1.26 bits per heavy atom. The fourth-order valence-electron chi connectivity index (χ4n) is 2.09. The van der Waals surface area contributed by atoms with Crippen LogP contribution in [0.1, 0.15) is 15.9 Å². The maximum Gasteiger partial charge on any atom is 0.338 e. The molecule has 1 heterocycles. The first-order chi connectivity index (χ1) is 10.8. The average molecular weight is 339 g/mol. The lowest BCUT2D eigenvalue weighted by Gasteiger charge is -2.15. The van der Waals surface area contributed by atoms with Crippen LogP contribution in [0, 0.1) is 0 Å². The van der Waals surface area contributed by atoms with Gasteiger partial charge in [-0.25, -0.2) is 17.6 Å². The van der Waals surface area contributed by atoms with Gasteiger partial charge in [0, 0.05) is 30.8 Å². The highest BCUT2D eigenvalue weighted by Crippen LogP contribution is 2.26. The molecule has 0 unspecified atom stereocenters. The fourth-order valence-corrected chi connectivity index (χ4v) is 2.97. The van der Waals surface area contributed by atoms with Crippen LogP contribution in [0.25, 0.3) is 5.69 Å². The van der Waals surface area contributed by atoms with E-state index in [-0.39, 0.29) is 27.1 Å². The van der Waals surface area contributed by atoms with Gasteiger partial charge in [-0.05, 0) is 17.7 Å². The largest absolute Gasteiger partial charge is 0.465 e. The van der Waals surface area contributed by atoms with Crippen LogP contribution in [0.5, 0.6) is 0 Å². The third-order valence-corrected chi connectivity index (χ3v) is 4.34. The summed E-state index contributed by atoms with van der Waals surface area (Å²) in [6.45, 7) is -0.971. The van der Waals surface area contributed by atoms with Crippen LogP contribution in [-0.4, -0.2) is 32.3 Å². The first-order valence-electron chi connectivity index (χ1n) is 6.48. The van der Waals surface area contributed by atoms with Gasteiger partial charge in [0.1, 0.15) is 6.67 Å². The van der Waals surface area contributed by atoms with Gasteiger partial charge in [0.2, 0.25) is 0 Å². The predicted octanol–water partition coefficient (Wildman–Crippen LogP) is 1.50. The summed E-state index contributed by atoms with van der Waals surface area (Å²) in [4.78, 5) is 22.8. The Hall–Kier alpha value is -2.48. The molecule has 1 aromatic heterocycles. The summed E-state index contributed by atoms with van der Waals surface area (Å²) >= 11 is 0. The molecule has 0 aliphatic rings. The molecule has 122 valence electrons. The van der Waals surface area contributed by atoms with E-state index in [0.717, 1.165) is 19.4 Å². The number of methoxy groups -OCH3 is 1. The van der Waals surface area contributed by atoms with Gasteiger partial charge >= 0.3 is 5.97 Å². The second kappa shape index (κ2) is 6.33. The van der Waals surface area contributed by atoms with Gasteiger partial charge in [0.25, 0.3) is 0 Å². The van der Waals surface area contributed by atoms with Crippen LogP contribution in [0.2, 0.25) is 0 Å². The summed E-state index contributed by atoms with van der Waals surface area (Å²) in [7, 11) is -2.59. The monoisotopic (exact) mass is 339 g/mol. The van der Waals surface area contributed by atoms with Gasteiger partial charge < -0.3 is 9.30 Å². The lowest BCUT2D eigenvalue weighted by molar-refractivity contribution is 0.0598. The summed E-state index contributed by atoms with van der Waals surface area (Å²) in [5, 5.41) is 0. The molecule has 0 saturated carbocycles. The average Bonchev–Trinajstić information content (AvgIpc) is 2.52. The van der Waals surface area contributed by atoms with Crippen LogP contribution in [0.4, 0.5) is 4.39 Å². The molecular formula is C15H14FNO5S. The number of ether oxygens (including phenoxy) is 1. The van der Waals surface area contributed by atoms with E-state index in [1.165, 1.54) is 35.2 Å². The number of halogens is 1. The number of hydrogen-bond acceptors (Lipinski definition) is 5. The molecule has 0 bridgehead atoms. The lowest BCUT2D eigenvalue weighted by atomic mass is 10.1. The number of pyridine rings is 1. The zero-order valence-corrected chi connectivity index (χ0v) is 13.3. The number of sulfone groups is 1. The number of nitrogens with zero attached hydrogens (tertiary/aromatic N) is 1. The van der Waals surface area contributed by atoms with E-state index in [4.69, 9.17) is 0 Å². The van der Waals surface area contributed by atoms with Gasteiger partial charge in [0.15, 0.2) is 15.3 Å². The Morgan fingerprint density at radius 3 is 2.35 bits per heavy atom. The number of benzene rings is 1. The molecule has 0 aliphatic carbocycles. The van der Waals surface area contributed by atoms with Crippen molar-refractivity contribution in [1.82, 2.24) is 4.57 Å². The van der Waals surface area contributed by atoms with E-state index in [1.54, 1.807) is 0 Å². The zero-order chi connectivity index (χ0) is 17.2. The van der Waals surface area contributed by atoms with Crippen molar-refractivity contribution in [3.05, 3.63) is 58.0 Å². The topological polar surface area (TPSA) is 82.4 Å². The number of esters is 1. The minimum Gasteiger partial charge on any atom is -0.465 e. The summed E-state index contributed by atoms with van der Waals surface area (Å²) in [6.07, 6.45) is 3.71. The molecule has 0 amide bonds. The van der Waals surface area contributed by atoms with Gasteiger partial charge in [-0.15, -0.1) is 0 Å². The maximum atomic E-state index is 13.3. The Balaban J connectivity index is 2.82. The van der Waals surface area contributed by atoms with Gasteiger partial charge in [-0.2, -0.15) is 0 Å². The zero-order valence-electron chi connectivity index (χ0n) is 12.4. The van der Waals surface area contributed by atoms with E-state index in [1.807, 2.05) is 0 Å². The molecule has 0 saturated heterocycles. The van der Waals surface area contributed by atoms with Crippen molar-refractivity contribution in [2.75, 3.05) is 13.4 Å². The highest BCUT2D eigenvalue weighted by molar-refractivity contribution is 7.90. The second-order valence-electron chi connectivity index (χ2n) is 4.82. The number of aromatic nitrogens is 1. The van der Waals surface area contributed by atoms with Crippen molar-refractivity contribution in [2.45, 2.75) is 11.6 Å². The van der Waals surface area contributed by atoms with E-state index < -0.39 is 22.5 Å². The highest BCUT2D eigenvalue weighted by Gasteiger charge is 2.21. The smallest absolute Gasteiger partial charge is 0.338 e. The van der Waals surface area contributed by atoms with E-state index in [2.05, 4.69) is 4.74 Å². The number of hydrogen-bond donors (Lipinski definition) is 0. The Morgan fingerprint density at radius 2 is 1.87 bits per heavy atom. The van der Waals surface area contributed by atoms with Crippen molar-refractivity contribution in [3.8, 4) is 5.69 Å². The third-order valence-electron chi connectivity index (χ3n) is 3.21. The quantitative estimate of drug-likeness (QED) is 0.788. The molecule has 0 atom stereocenters. The van der Waals surface area contributed by atoms with Crippen molar-refractivity contribution in [1.29, 1.82) is 0 Å². The maximum absolute atomic E-state index is 13.3. The molecule has 0 radical (unpaired) electrons. The second-order valence-corrected chi connectivity index (χ2v) is 6.80. The summed E-state index contributed by atoms with van der Waals surface area (Å²) in [6, 6.07) is 4.83. The molecule has 0 N–H and O–H groups in total. The van der Waals surface area contributed by atoms with Crippen LogP contribution >= 0.6 is 0 Å². The standard InChI is InChI=1S/C15H14FNO5S/c1-22-15(19)12-8-14(23(2,20)21)13(7-10(12)9-16)17-5-3-11(18)4-6-17/h3-8H,9H2,1-2H3. The van der Waals surface area contributed by atoms with Crippen LogP contribution in [-0.2, 0) is 21.2 Å². The minimum atomic E-state index is -3.71. The molecule has 2 aromatic rings. The number of rotatable bonds is 4. The predicted molar refractivity (Wildman–Crippen MR) is 81.3 cm³/mol. The first-order valence-corrected chi connectivity index (χ1v) is 8.37. The van der Waals surface area contributed by atoms with E-state index >= 15 is 0 Å². The molecule has 8 heteroatoms. The van der Waals surface area contributed by atoms with Crippen molar-refractivity contribution in [3.63, 3.8) is 0 Å². The number of carbonyl (C=O) groups excluding carboxylic acids is 1. The van der Waals surface area contributed by atoms with Gasteiger partial charge in [0.05, 0.1) is 23.3 Å². The highest BCUT2D eigenvalue weighted by atomic mass is 32.2. The van der Waals surface area contributed by atoms with Crippen molar-refractivity contribution in [2.24, 2.45) is 0 Å². The van der Waals surface area contributed by atoms with Crippen LogP contribution in [0.15, 0.2) is 46.3 Å². The fraction of sp³-hybridized carbons (Fsp3) is 0.200. The SMILES string of the molecule is COC(=O)c1cc(S(C)(=O)=O)c(-n2ccc(=O)cc2)cc1CF. The van der Waals surface area contributed by atoms with Crippen molar-refractivity contribution >= 4 is 15.8 Å². The molecular weight excluding hydrogens is 325 g/mol. The van der Waals surface area contributed by atoms with Crippen LogP contribution in [0.3, 0.4) is 0 Å². The first kappa shape index (κ1) is 16.9. The Kier molecular flexibility index (Phi) is 4.65. The molecule has 6 nitrogen and oxygen atoms in total. The van der Waals surface area contributed by atoms with E-state index in [0.29, 0.717) is 0 Å². The van der Waals surface area contributed by atoms with Crippen LogP contribution < -0.4 is 5.43 Å². The third kappa shape index (κ3) is 3.48. The molecule has 0 spiro atoms. The van der Waals surface area contributed by atoms with Gasteiger partial charge in [-0.3, -0.25) is 4.79 Å². The molecule has 0 aliphatic heterocycles. The Bertz CT molecular complexity index is 897. The minimum absolute atomic E-state index is 0.00190. The molecule has 2 rings (SSSR count). The van der Waals surface area contributed by atoms with Gasteiger partial charge in [-0.1, -0.05) is 0 Å². The lowest BCUT2D eigenvalue weighted by Crippen LogP contribution is -2.12. The summed E-state index contributed by atoms with van der Waals surface area (Å²) < 4.78 is 43.3. The normalized spacial score (nSPS) is 11.3. The van der Waals surface area contributed by atoms with E-state index in [9.17, 15) is 22.4 Å².